The Kier molecular flexibility index (Phi) is 5.16. The van der Waals surface area contributed by atoms with Crippen molar-refractivity contribution >= 4 is 49.1 Å². The van der Waals surface area contributed by atoms with Crippen LogP contribution in [0.4, 0.5) is 10.1 Å². The third-order valence-corrected chi connectivity index (χ3v) is 5.66. The van der Waals surface area contributed by atoms with Crippen LogP contribution in [-0.2, 0) is 11.3 Å². The van der Waals surface area contributed by atoms with Crippen molar-refractivity contribution in [2.45, 2.75) is 6.54 Å². The van der Waals surface area contributed by atoms with Crippen molar-refractivity contribution < 1.29 is 9.18 Å². The number of amides is 1. The highest BCUT2D eigenvalue weighted by Crippen LogP contribution is 2.20. The van der Waals surface area contributed by atoms with E-state index in [-0.39, 0.29) is 12.2 Å². The number of carbonyl (C=O) groups excluding carboxylic acids is 1. The molecule has 0 spiro atoms. The zero-order valence-electron chi connectivity index (χ0n) is 14.8. The molecule has 2 aromatic carbocycles. The van der Waals surface area contributed by atoms with Crippen LogP contribution in [0.15, 0.2) is 74.0 Å². The Morgan fingerprint density at radius 1 is 1.10 bits per heavy atom. The summed E-state index contributed by atoms with van der Waals surface area (Å²) < 4.78 is 17.2. The molecular weight excluding hydrogens is 461 g/mol. The monoisotopic (exact) mass is 473 g/mol. The average molecular weight is 474 g/mol. The van der Waals surface area contributed by atoms with E-state index in [4.69, 9.17) is 0 Å². The third-order valence-electron chi connectivity index (χ3n) is 4.28. The maximum absolute atomic E-state index is 14.0. The highest BCUT2D eigenvalue weighted by molar-refractivity contribution is 9.10. The zero-order valence-corrected chi connectivity index (χ0v) is 17.2. The molecule has 29 heavy (non-hydrogen) atoms. The van der Waals surface area contributed by atoms with Crippen molar-refractivity contribution in [3.8, 4) is 5.69 Å². The van der Waals surface area contributed by atoms with Crippen LogP contribution in [0.1, 0.15) is 0 Å². The molecule has 146 valence electrons. The quantitative estimate of drug-likeness (QED) is 0.490. The number of carbonyl (C=O) groups is 1. The summed E-state index contributed by atoms with van der Waals surface area (Å²) in [5.74, 6) is -1.19. The Balaban J connectivity index is 1.78. The van der Waals surface area contributed by atoms with E-state index >= 15 is 0 Å². The van der Waals surface area contributed by atoms with E-state index in [0.717, 1.165) is 4.57 Å². The smallest absolute Gasteiger partial charge is 0.322 e. The number of rotatable bonds is 4. The van der Waals surface area contributed by atoms with Gasteiger partial charge in [0.2, 0.25) is 5.91 Å². The van der Waals surface area contributed by atoms with Crippen molar-refractivity contribution in [2.24, 2.45) is 0 Å². The molecule has 0 unspecified atom stereocenters. The molecular formula is C20H13BrFN3O3S. The lowest BCUT2D eigenvalue weighted by molar-refractivity contribution is -0.116. The number of hydrogen-bond donors (Lipinski definition) is 1. The molecule has 0 saturated heterocycles. The van der Waals surface area contributed by atoms with Gasteiger partial charge in [0.25, 0.3) is 5.56 Å². The minimum Gasteiger partial charge on any atom is -0.322 e. The van der Waals surface area contributed by atoms with E-state index in [0.29, 0.717) is 20.4 Å². The second kappa shape index (κ2) is 7.76. The Labute approximate surface area is 176 Å². The van der Waals surface area contributed by atoms with Crippen LogP contribution in [0.3, 0.4) is 0 Å². The van der Waals surface area contributed by atoms with Gasteiger partial charge in [0.15, 0.2) is 0 Å². The molecule has 6 nitrogen and oxygen atoms in total. The standard InChI is InChI=1S/C20H13BrFN3O3S/c21-12-6-7-15(14(22)10-12)23-17(26)11-24-16-8-9-29-18(16)19(27)25(20(24)28)13-4-2-1-3-5-13/h1-10H,11H2,(H,23,26). The fourth-order valence-electron chi connectivity index (χ4n) is 2.97. The summed E-state index contributed by atoms with van der Waals surface area (Å²) in [6.45, 7) is -0.366. The highest BCUT2D eigenvalue weighted by Gasteiger charge is 2.18. The van der Waals surface area contributed by atoms with Gasteiger partial charge < -0.3 is 5.32 Å². The molecule has 9 heteroatoms. The minimum absolute atomic E-state index is 0.00388. The molecule has 0 aliphatic carbocycles. The summed E-state index contributed by atoms with van der Waals surface area (Å²) in [6, 6.07) is 14.4. The number of halogens is 2. The van der Waals surface area contributed by atoms with Crippen LogP contribution in [0, 0.1) is 5.82 Å². The van der Waals surface area contributed by atoms with Crippen molar-refractivity contribution in [3.05, 3.63) is 91.1 Å². The topological polar surface area (TPSA) is 73.1 Å². The van der Waals surface area contributed by atoms with Crippen molar-refractivity contribution in [2.75, 3.05) is 5.32 Å². The summed E-state index contributed by atoms with van der Waals surface area (Å²) in [6.07, 6.45) is 0. The number of anilines is 1. The van der Waals surface area contributed by atoms with E-state index in [2.05, 4.69) is 21.2 Å². The number of benzene rings is 2. The molecule has 0 atom stereocenters. The molecule has 2 heterocycles. The van der Waals surface area contributed by atoms with E-state index in [1.54, 1.807) is 47.8 Å². The summed E-state index contributed by atoms with van der Waals surface area (Å²) in [5, 5.41) is 4.15. The van der Waals surface area contributed by atoms with Crippen molar-refractivity contribution in [1.82, 2.24) is 9.13 Å². The first-order valence-corrected chi connectivity index (χ1v) is 10.2. The summed E-state index contributed by atoms with van der Waals surface area (Å²) in [4.78, 5) is 38.4. The van der Waals surface area contributed by atoms with Gasteiger partial charge in [-0.15, -0.1) is 11.3 Å². The molecule has 0 fully saturated rings. The van der Waals surface area contributed by atoms with Gasteiger partial charge in [-0.05, 0) is 41.8 Å². The largest absolute Gasteiger partial charge is 0.336 e. The van der Waals surface area contributed by atoms with Crippen LogP contribution < -0.4 is 16.6 Å². The number of thiophene rings is 1. The predicted molar refractivity (Wildman–Crippen MR) is 114 cm³/mol. The first kappa shape index (κ1) is 19.3. The van der Waals surface area contributed by atoms with Crippen molar-refractivity contribution in [3.63, 3.8) is 0 Å². The lowest BCUT2D eigenvalue weighted by Gasteiger charge is -2.13. The highest BCUT2D eigenvalue weighted by atomic mass is 79.9. The van der Waals surface area contributed by atoms with Gasteiger partial charge in [-0.25, -0.2) is 13.8 Å². The number of fused-ring (bicyclic) bond motifs is 1. The van der Waals surface area contributed by atoms with Gasteiger partial charge in [0, 0.05) is 4.47 Å². The van der Waals surface area contributed by atoms with Gasteiger partial charge in [0.05, 0.1) is 16.9 Å². The second-order valence-electron chi connectivity index (χ2n) is 6.15. The van der Waals surface area contributed by atoms with Crippen LogP contribution in [0.2, 0.25) is 0 Å². The Morgan fingerprint density at radius 3 is 2.59 bits per heavy atom. The molecule has 0 aliphatic heterocycles. The molecule has 0 aliphatic rings. The summed E-state index contributed by atoms with van der Waals surface area (Å²) in [7, 11) is 0. The van der Waals surface area contributed by atoms with Gasteiger partial charge >= 0.3 is 5.69 Å². The number of nitrogens with one attached hydrogen (secondary N) is 1. The summed E-state index contributed by atoms with van der Waals surface area (Å²) >= 11 is 4.35. The minimum atomic E-state index is -0.640. The number of para-hydroxylation sites is 1. The molecule has 2 aromatic heterocycles. The lowest BCUT2D eigenvalue weighted by atomic mass is 10.3. The maximum Gasteiger partial charge on any atom is 0.336 e. The average Bonchev–Trinajstić information content (AvgIpc) is 3.18. The van der Waals surface area contributed by atoms with Crippen LogP contribution in [0.25, 0.3) is 15.9 Å². The van der Waals surface area contributed by atoms with Gasteiger partial charge in [0.1, 0.15) is 17.1 Å². The number of aromatic nitrogens is 2. The lowest BCUT2D eigenvalue weighted by Crippen LogP contribution is -2.40. The third kappa shape index (κ3) is 3.66. The fraction of sp³-hybridized carbons (Fsp3) is 0.0500. The molecule has 1 N–H and O–H groups in total. The molecule has 4 aromatic rings. The molecule has 1 amide bonds. The predicted octanol–water partition coefficient (Wildman–Crippen LogP) is 3.75. The molecule has 0 bridgehead atoms. The molecule has 0 radical (unpaired) electrons. The number of nitrogens with zero attached hydrogens (tertiary/aromatic N) is 2. The molecule has 4 rings (SSSR count). The van der Waals surface area contributed by atoms with E-state index in [1.807, 2.05) is 0 Å². The van der Waals surface area contributed by atoms with Gasteiger partial charge in [-0.2, -0.15) is 0 Å². The van der Waals surface area contributed by atoms with E-state index in [9.17, 15) is 18.8 Å². The van der Waals surface area contributed by atoms with Crippen LogP contribution in [-0.4, -0.2) is 15.0 Å². The Bertz CT molecular complexity index is 1340. The van der Waals surface area contributed by atoms with E-state index < -0.39 is 23.0 Å². The maximum atomic E-state index is 14.0. The first-order chi connectivity index (χ1) is 14.0. The van der Waals surface area contributed by atoms with Gasteiger partial charge in [-0.3, -0.25) is 14.2 Å². The van der Waals surface area contributed by atoms with Crippen LogP contribution >= 0.6 is 27.3 Å². The normalized spacial score (nSPS) is 11.0. The van der Waals surface area contributed by atoms with Crippen LogP contribution in [0.5, 0.6) is 0 Å². The molecule has 0 saturated carbocycles. The van der Waals surface area contributed by atoms with E-state index in [1.165, 1.54) is 28.0 Å². The second-order valence-corrected chi connectivity index (χ2v) is 7.98. The first-order valence-electron chi connectivity index (χ1n) is 8.49. The fourth-order valence-corrected chi connectivity index (χ4v) is 4.13. The zero-order chi connectivity index (χ0) is 20.5. The number of hydrogen-bond acceptors (Lipinski definition) is 4. The Morgan fingerprint density at radius 2 is 1.86 bits per heavy atom. The Hall–Kier alpha value is -3.04. The van der Waals surface area contributed by atoms with Gasteiger partial charge in [-0.1, -0.05) is 34.1 Å². The SMILES string of the molecule is O=C(Cn1c(=O)n(-c2ccccc2)c(=O)c2sccc21)Nc1ccc(Br)cc1F. The summed E-state index contributed by atoms with van der Waals surface area (Å²) in [5.41, 5.74) is -0.306. The van der Waals surface area contributed by atoms with Crippen molar-refractivity contribution in [1.29, 1.82) is 0 Å².